The molecule has 2 aromatic carbocycles. The molecule has 0 amide bonds. The van der Waals surface area contributed by atoms with Crippen molar-refractivity contribution in [2.24, 2.45) is 4.99 Å². The Bertz CT molecular complexity index is 1310. The number of benzene rings is 2. The molecule has 1 aromatic heterocycles. The molecule has 11 heteroatoms. The number of alkyl halides is 3. The molecule has 1 N–H and O–H groups in total. The zero-order chi connectivity index (χ0) is 25.4. The highest BCUT2D eigenvalue weighted by Crippen LogP contribution is 2.40. The van der Waals surface area contributed by atoms with Gasteiger partial charge in [0.15, 0.2) is 5.84 Å². The van der Waals surface area contributed by atoms with Gasteiger partial charge in [0.1, 0.15) is 5.75 Å². The molecule has 1 aliphatic heterocycles. The Kier molecular flexibility index (Phi) is 6.70. The van der Waals surface area contributed by atoms with Crippen molar-refractivity contribution in [1.29, 1.82) is 0 Å². The van der Waals surface area contributed by atoms with Crippen LogP contribution in [-0.2, 0) is 32.8 Å². The van der Waals surface area contributed by atoms with Gasteiger partial charge in [-0.3, -0.25) is 4.79 Å². The van der Waals surface area contributed by atoms with E-state index in [0.717, 1.165) is 17.0 Å². The normalized spacial score (nSPS) is 17.9. The molecule has 1 aliphatic rings. The summed E-state index contributed by atoms with van der Waals surface area (Å²) in [6.45, 7) is 4.03. The monoisotopic (exact) mass is 509 g/mol. The summed E-state index contributed by atoms with van der Waals surface area (Å²) in [6, 6.07) is 9.11. The molecule has 0 aliphatic carbocycles. The van der Waals surface area contributed by atoms with E-state index in [1.165, 1.54) is 19.2 Å². The largest absolute Gasteiger partial charge is 0.496 e. The summed E-state index contributed by atoms with van der Waals surface area (Å²) in [7, 11) is 1.18. The predicted octanol–water partition coefficient (Wildman–Crippen LogP) is 5.43. The first kappa shape index (κ1) is 24.9. The number of hydroxylamine groups is 1. The number of carbonyl (C=O) groups excluding carboxylic acids is 1. The number of nitrogens with one attached hydrogen (secondary N) is 1. The minimum atomic E-state index is -4.60. The Morgan fingerprint density at radius 1 is 1.26 bits per heavy atom. The first-order valence-corrected chi connectivity index (χ1v) is 11.2. The molecule has 0 saturated carbocycles. The van der Waals surface area contributed by atoms with E-state index in [2.05, 4.69) is 10.5 Å². The van der Waals surface area contributed by atoms with Gasteiger partial charge in [-0.15, -0.1) is 0 Å². The minimum absolute atomic E-state index is 0.206. The lowest BCUT2D eigenvalue weighted by molar-refractivity contribution is -0.143. The van der Waals surface area contributed by atoms with E-state index < -0.39 is 17.5 Å². The lowest BCUT2D eigenvalue weighted by Crippen LogP contribution is -2.25. The highest BCUT2D eigenvalue weighted by Gasteiger charge is 2.39. The molecule has 0 fully saturated rings. The predicted molar refractivity (Wildman–Crippen MR) is 124 cm³/mol. The number of nitrogens with zero attached hydrogens (tertiary/aromatic N) is 2. The fourth-order valence-electron chi connectivity index (χ4n) is 3.90. The molecule has 4 rings (SSSR count). The van der Waals surface area contributed by atoms with Crippen LogP contribution in [0, 0.1) is 0 Å². The van der Waals surface area contributed by atoms with E-state index in [0.29, 0.717) is 29.6 Å². The van der Waals surface area contributed by atoms with Crippen LogP contribution in [0.4, 0.5) is 13.2 Å². The molecule has 186 valence electrons. The molecule has 1 atom stereocenters. The summed E-state index contributed by atoms with van der Waals surface area (Å²) in [4.78, 5) is 21.8. The number of halogens is 4. The van der Waals surface area contributed by atoms with Crippen LogP contribution in [0.3, 0.4) is 0 Å². The number of hydrogen-bond donors (Lipinski definition) is 1. The summed E-state index contributed by atoms with van der Waals surface area (Å²) >= 11 is 6.43. The van der Waals surface area contributed by atoms with Crippen molar-refractivity contribution in [2.45, 2.75) is 38.7 Å². The topological polar surface area (TPSA) is 74.1 Å². The maximum atomic E-state index is 13.5. The second kappa shape index (κ2) is 9.43. The lowest BCUT2D eigenvalue weighted by atomic mass is 10.0. The number of hydrogen-bond acceptors (Lipinski definition) is 6. The van der Waals surface area contributed by atoms with E-state index in [4.69, 9.17) is 25.9 Å². The molecule has 3 aromatic rings. The summed E-state index contributed by atoms with van der Waals surface area (Å²) in [5.41, 5.74) is 2.07. The number of amidine groups is 1. The van der Waals surface area contributed by atoms with Gasteiger partial charge < -0.3 is 14.0 Å². The smallest absolute Gasteiger partial charge is 0.419 e. The summed E-state index contributed by atoms with van der Waals surface area (Å²) in [5, 5.41) is 1.22. The number of aromatic nitrogens is 1. The number of ether oxygens (including phenoxy) is 2. The summed E-state index contributed by atoms with van der Waals surface area (Å²) in [5.74, 6) is -0.239. The number of methoxy groups -OCH3 is 1. The van der Waals surface area contributed by atoms with Crippen LogP contribution < -0.4 is 10.2 Å². The van der Waals surface area contributed by atoms with Crippen molar-refractivity contribution in [3.05, 3.63) is 64.3 Å². The third-order valence-electron chi connectivity index (χ3n) is 5.68. The summed E-state index contributed by atoms with van der Waals surface area (Å²) < 4.78 is 52.1. The molecule has 0 saturated heterocycles. The first-order chi connectivity index (χ1) is 16.6. The van der Waals surface area contributed by atoms with Gasteiger partial charge >= 0.3 is 12.1 Å². The molecule has 7 nitrogen and oxygen atoms in total. The van der Waals surface area contributed by atoms with Crippen molar-refractivity contribution < 1.29 is 32.3 Å². The van der Waals surface area contributed by atoms with E-state index in [1.54, 1.807) is 32.2 Å². The number of rotatable bonds is 7. The Morgan fingerprint density at radius 3 is 2.71 bits per heavy atom. The average molecular weight is 510 g/mol. The fraction of sp³-hybridized carbons (Fsp3) is 0.333. The van der Waals surface area contributed by atoms with Gasteiger partial charge in [-0.2, -0.15) is 13.2 Å². The Morgan fingerprint density at radius 2 is 2.03 bits per heavy atom. The zero-order valence-corrected chi connectivity index (χ0v) is 20.0. The summed E-state index contributed by atoms with van der Waals surface area (Å²) in [6.07, 6.45) is -2.66. The second-order valence-corrected chi connectivity index (χ2v) is 8.42. The highest BCUT2D eigenvalue weighted by molar-refractivity contribution is 6.35. The van der Waals surface area contributed by atoms with Gasteiger partial charge in [0.25, 0.3) is 0 Å². The lowest BCUT2D eigenvalue weighted by Gasteiger charge is -2.21. The first-order valence-electron chi connectivity index (χ1n) is 10.8. The Hall–Kier alpha value is -3.24. The highest BCUT2D eigenvalue weighted by atomic mass is 35.5. The minimum Gasteiger partial charge on any atom is -0.496 e. The molecule has 35 heavy (non-hydrogen) atoms. The van der Waals surface area contributed by atoms with Gasteiger partial charge in [0.05, 0.1) is 30.7 Å². The third-order valence-corrected chi connectivity index (χ3v) is 5.98. The van der Waals surface area contributed by atoms with Gasteiger partial charge in [-0.1, -0.05) is 17.7 Å². The SMILES string of the molecule is CCOC(=O)CCn1cc(Cl)c2cc(C3=NC(C)(c4ccc(OC)c(C(F)(F)F)c4)ON3)ccc21. The molecule has 0 spiro atoms. The standard InChI is InChI=1S/C24H23ClF3N3O4/c1-4-34-21(32)9-10-31-13-18(25)16-11-14(5-7-19(16)31)22-29-23(2,35-30-22)15-6-8-20(33-3)17(12-15)24(26,27)28/h5-8,11-13H,4,9-10H2,1-3H3,(H,29,30). The van der Waals surface area contributed by atoms with Crippen molar-refractivity contribution >= 4 is 34.3 Å². The number of carbonyl (C=O) groups is 1. The molecular weight excluding hydrogens is 487 g/mol. The quantitative estimate of drug-likeness (QED) is 0.430. The number of esters is 1. The number of fused-ring (bicyclic) bond motifs is 1. The van der Waals surface area contributed by atoms with Crippen molar-refractivity contribution in [2.75, 3.05) is 13.7 Å². The molecule has 2 heterocycles. The van der Waals surface area contributed by atoms with E-state index in [-0.39, 0.29) is 23.7 Å². The van der Waals surface area contributed by atoms with E-state index >= 15 is 0 Å². The third kappa shape index (κ3) is 4.94. The molecule has 0 bridgehead atoms. The van der Waals surface area contributed by atoms with E-state index in [9.17, 15) is 18.0 Å². The van der Waals surface area contributed by atoms with Crippen LogP contribution in [0.2, 0.25) is 5.02 Å². The van der Waals surface area contributed by atoms with Crippen molar-refractivity contribution in [3.63, 3.8) is 0 Å². The Labute approximate surface area is 204 Å². The molecule has 0 radical (unpaired) electrons. The van der Waals surface area contributed by atoms with Gasteiger partial charge in [-0.05, 0) is 44.2 Å². The van der Waals surface area contributed by atoms with Crippen LogP contribution in [-0.4, -0.2) is 30.1 Å². The van der Waals surface area contributed by atoms with Crippen LogP contribution in [0.15, 0.2) is 47.6 Å². The number of aliphatic imine (C=N–C) groups is 1. The van der Waals surface area contributed by atoms with E-state index in [1.807, 2.05) is 10.6 Å². The van der Waals surface area contributed by atoms with Crippen molar-refractivity contribution in [3.8, 4) is 5.75 Å². The average Bonchev–Trinajstić information content (AvgIpc) is 3.37. The fourth-order valence-corrected chi connectivity index (χ4v) is 4.17. The molecule has 1 unspecified atom stereocenters. The van der Waals surface area contributed by atoms with Crippen molar-refractivity contribution in [1.82, 2.24) is 10.0 Å². The second-order valence-electron chi connectivity index (χ2n) is 8.02. The van der Waals surface area contributed by atoms with Crippen LogP contribution in [0.5, 0.6) is 5.75 Å². The van der Waals surface area contributed by atoms with Gasteiger partial charge in [0, 0.05) is 34.8 Å². The van der Waals surface area contributed by atoms with Crippen LogP contribution in [0.25, 0.3) is 10.9 Å². The molecular formula is C24H23ClF3N3O4. The zero-order valence-electron chi connectivity index (χ0n) is 19.2. The maximum Gasteiger partial charge on any atom is 0.419 e. The number of aryl methyl sites for hydroxylation is 1. The van der Waals surface area contributed by atoms with Crippen LogP contribution in [0.1, 0.15) is 37.0 Å². The van der Waals surface area contributed by atoms with Gasteiger partial charge in [0.2, 0.25) is 5.72 Å². The maximum absolute atomic E-state index is 13.5. The van der Waals surface area contributed by atoms with Crippen LogP contribution >= 0.6 is 11.6 Å². The van der Waals surface area contributed by atoms with Gasteiger partial charge in [-0.25, -0.2) is 15.3 Å². The Balaban J connectivity index is 1.63.